The number of rotatable bonds is 5. The molecule has 1 aromatic heterocycles. The molecule has 3 rings (SSSR count). The molecule has 0 radical (unpaired) electrons. The molecule has 2 aromatic rings. The highest BCUT2D eigenvalue weighted by Gasteiger charge is 2.30. The number of ether oxygens (including phenoxy) is 1. The molecule has 2 heterocycles. The number of hydrogen-bond acceptors (Lipinski definition) is 2. The van der Waals surface area contributed by atoms with Gasteiger partial charge in [-0.2, -0.15) is 0 Å². The monoisotopic (exact) mass is 286 g/mol. The van der Waals surface area contributed by atoms with Crippen molar-refractivity contribution in [1.82, 2.24) is 10.3 Å². The van der Waals surface area contributed by atoms with Crippen molar-refractivity contribution in [2.45, 2.75) is 38.1 Å². The molecular formula is C17H22N2O2. The van der Waals surface area contributed by atoms with E-state index in [9.17, 15) is 4.79 Å². The van der Waals surface area contributed by atoms with Crippen molar-refractivity contribution in [3.05, 3.63) is 36.0 Å². The minimum Gasteiger partial charge on any atom is -0.379 e. The van der Waals surface area contributed by atoms with Crippen LogP contribution in [0.4, 0.5) is 0 Å². The molecule has 1 aromatic carbocycles. The maximum Gasteiger partial charge on any atom is 0.220 e. The Morgan fingerprint density at radius 3 is 3.10 bits per heavy atom. The molecule has 0 saturated carbocycles. The predicted molar refractivity (Wildman–Crippen MR) is 83.2 cm³/mol. The van der Waals surface area contributed by atoms with Gasteiger partial charge in [-0.25, -0.2) is 0 Å². The number of carbonyl (C=O) groups is 1. The Morgan fingerprint density at radius 1 is 1.43 bits per heavy atom. The zero-order valence-corrected chi connectivity index (χ0v) is 12.4. The first kappa shape index (κ1) is 14.1. The number of benzene rings is 1. The molecule has 1 fully saturated rings. The lowest BCUT2D eigenvalue weighted by Gasteiger charge is -2.23. The normalized spacial score (nSPS) is 21.8. The molecule has 1 aliphatic heterocycles. The number of aromatic amines is 1. The Morgan fingerprint density at radius 2 is 2.29 bits per heavy atom. The summed E-state index contributed by atoms with van der Waals surface area (Å²) < 4.78 is 5.35. The molecule has 4 nitrogen and oxygen atoms in total. The van der Waals surface area contributed by atoms with Crippen molar-refractivity contribution in [3.8, 4) is 0 Å². The van der Waals surface area contributed by atoms with Crippen molar-refractivity contribution in [2.24, 2.45) is 0 Å². The minimum atomic E-state index is -0.169. The van der Waals surface area contributed by atoms with Gasteiger partial charge >= 0.3 is 0 Å². The SMILES string of the molecule is CC1(NC(=O)CCCc2c[nH]c3ccccc23)CCOC1. The molecule has 112 valence electrons. The van der Waals surface area contributed by atoms with Crippen LogP contribution in [-0.2, 0) is 16.0 Å². The van der Waals surface area contributed by atoms with Crippen LogP contribution in [0.1, 0.15) is 31.7 Å². The minimum absolute atomic E-state index is 0.128. The fourth-order valence-electron chi connectivity index (χ4n) is 2.94. The first-order valence-corrected chi connectivity index (χ1v) is 7.60. The second-order valence-corrected chi connectivity index (χ2v) is 6.12. The van der Waals surface area contributed by atoms with Crippen LogP contribution in [0, 0.1) is 0 Å². The Balaban J connectivity index is 1.50. The van der Waals surface area contributed by atoms with E-state index in [1.807, 2.05) is 12.1 Å². The maximum absolute atomic E-state index is 12.0. The summed E-state index contributed by atoms with van der Waals surface area (Å²) in [5, 5.41) is 4.36. The molecule has 2 N–H and O–H groups in total. The number of fused-ring (bicyclic) bond motifs is 1. The van der Waals surface area contributed by atoms with Crippen LogP contribution < -0.4 is 5.32 Å². The highest BCUT2D eigenvalue weighted by atomic mass is 16.5. The van der Waals surface area contributed by atoms with E-state index in [1.54, 1.807) is 0 Å². The van der Waals surface area contributed by atoms with E-state index in [0.29, 0.717) is 13.0 Å². The van der Waals surface area contributed by atoms with E-state index < -0.39 is 0 Å². The van der Waals surface area contributed by atoms with E-state index in [4.69, 9.17) is 4.74 Å². The summed E-state index contributed by atoms with van der Waals surface area (Å²) in [7, 11) is 0. The highest BCUT2D eigenvalue weighted by molar-refractivity contribution is 5.83. The van der Waals surface area contributed by atoms with E-state index in [1.165, 1.54) is 10.9 Å². The molecular weight excluding hydrogens is 264 g/mol. The van der Waals surface area contributed by atoms with Gasteiger partial charge in [-0.3, -0.25) is 4.79 Å². The van der Waals surface area contributed by atoms with Crippen LogP contribution in [0.15, 0.2) is 30.5 Å². The summed E-state index contributed by atoms with van der Waals surface area (Å²) in [6.45, 7) is 3.42. The van der Waals surface area contributed by atoms with Gasteiger partial charge in [0.2, 0.25) is 5.91 Å². The number of nitrogens with one attached hydrogen (secondary N) is 2. The van der Waals surface area contributed by atoms with Crippen LogP contribution >= 0.6 is 0 Å². The zero-order valence-electron chi connectivity index (χ0n) is 12.4. The van der Waals surface area contributed by atoms with Crippen molar-refractivity contribution in [2.75, 3.05) is 13.2 Å². The molecule has 1 amide bonds. The van der Waals surface area contributed by atoms with Gasteiger partial charge in [-0.1, -0.05) is 18.2 Å². The highest BCUT2D eigenvalue weighted by Crippen LogP contribution is 2.20. The van der Waals surface area contributed by atoms with Gasteiger partial charge in [0.05, 0.1) is 12.1 Å². The van der Waals surface area contributed by atoms with Gasteiger partial charge in [-0.15, -0.1) is 0 Å². The molecule has 0 aliphatic carbocycles. The molecule has 4 heteroatoms. The topological polar surface area (TPSA) is 54.1 Å². The summed E-state index contributed by atoms with van der Waals surface area (Å²) in [6.07, 6.45) is 5.31. The van der Waals surface area contributed by atoms with Crippen molar-refractivity contribution < 1.29 is 9.53 Å². The largest absolute Gasteiger partial charge is 0.379 e. The second-order valence-electron chi connectivity index (χ2n) is 6.12. The molecule has 1 saturated heterocycles. The molecule has 0 spiro atoms. The number of aromatic nitrogens is 1. The Bertz CT molecular complexity index is 627. The number of para-hydroxylation sites is 1. The summed E-state index contributed by atoms with van der Waals surface area (Å²) >= 11 is 0. The van der Waals surface area contributed by atoms with Crippen LogP contribution in [0.5, 0.6) is 0 Å². The van der Waals surface area contributed by atoms with E-state index in [2.05, 4.69) is 35.6 Å². The first-order valence-electron chi connectivity index (χ1n) is 7.60. The van der Waals surface area contributed by atoms with Crippen molar-refractivity contribution in [3.63, 3.8) is 0 Å². The van der Waals surface area contributed by atoms with Crippen LogP contribution in [-0.4, -0.2) is 29.6 Å². The van der Waals surface area contributed by atoms with E-state index >= 15 is 0 Å². The van der Waals surface area contributed by atoms with Gasteiger partial charge in [0.25, 0.3) is 0 Å². The predicted octanol–water partition coefficient (Wildman–Crippen LogP) is 2.79. The lowest BCUT2D eigenvalue weighted by Crippen LogP contribution is -2.46. The number of hydrogen-bond donors (Lipinski definition) is 2. The lowest BCUT2D eigenvalue weighted by atomic mass is 10.0. The summed E-state index contributed by atoms with van der Waals surface area (Å²) in [5.74, 6) is 0.128. The molecule has 0 bridgehead atoms. The fraction of sp³-hybridized carbons (Fsp3) is 0.471. The standard InChI is InChI=1S/C17H22N2O2/c1-17(9-10-21-12-17)19-16(20)8-4-5-13-11-18-15-7-3-2-6-14(13)15/h2-3,6-7,11,18H,4-5,8-10,12H2,1H3,(H,19,20). The third-order valence-electron chi connectivity index (χ3n) is 4.18. The van der Waals surface area contributed by atoms with Crippen LogP contribution in [0.2, 0.25) is 0 Å². The van der Waals surface area contributed by atoms with Crippen LogP contribution in [0.3, 0.4) is 0 Å². The maximum atomic E-state index is 12.0. The molecule has 1 aliphatic rings. The summed E-state index contributed by atoms with van der Waals surface area (Å²) in [6, 6.07) is 8.28. The Hall–Kier alpha value is -1.81. The number of aryl methyl sites for hydroxylation is 1. The molecule has 21 heavy (non-hydrogen) atoms. The average molecular weight is 286 g/mol. The van der Waals surface area contributed by atoms with E-state index in [0.717, 1.165) is 31.4 Å². The number of amides is 1. The molecule has 1 atom stereocenters. The van der Waals surface area contributed by atoms with Gasteiger partial charge in [0.15, 0.2) is 0 Å². The first-order chi connectivity index (χ1) is 10.2. The van der Waals surface area contributed by atoms with Gasteiger partial charge in [0, 0.05) is 30.1 Å². The van der Waals surface area contributed by atoms with Gasteiger partial charge in [-0.05, 0) is 37.8 Å². The number of H-pyrrole nitrogens is 1. The van der Waals surface area contributed by atoms with Gasteiger partial charge < -0.3 is 15.0 Å². The van der Waals surface area contributed by atoms with Crippen molar-refractivity contribution in [1.29, 1.82) is 0 Å². The number of carbonyl (C=O) groups excluding carboxylic acids is 1. The quantitative estimate of drug-likeness (QED) is 0.888. The summed E-state index contributed by atoms with van der Waals surface area (Å²) in [4.78, 5) is 15.3. The van der Waals surface area contributed by atoms with Crippen molar-refractivity contribution >= 4 is 16.8 Å². The zero-order chi connectivity index (χ0) is 14.7. The molecule has 1 unspecified atom stereocenters. The third-order valence-corrected chi connectivity index (χ3v) is 4.18. The van der Waals surface area contributed by atoms with Gasteiger partial charge in [0.1, 0.15) is 0 Å². The van der Waals surface area contributed by atoms with Crippen LogP contribution in [0.25, 0.3) is 10.9 Å². The Labute approximate surface area is 124 Å². The Kier molecular flexibility index (Phi) is 3.97. The van der Waals surface area contributed by atoms with E-state index in [-0.39, 0.29) is 11.4 Å². The lowest BCUT2D eigenvalue weighted by molar-refractivity contribution is -0.123. The smallest absolute Gasteiger partial charge is 0.220 e. The summed E-state index contributed by atoms with van der Waals surface area (Å²) in [5.41, 5.74) is 2.28. The average Bonchev–Trinajstić information content (AvgIpc) is 3.06. The fourth-order valence-corrected chi connectivity index (χ4v) is 2.94. The third kappa shape index (κ3) is 3.27. The second kappa shape index (κ2) is 5.90.